The van der Waals surface area contributed by atoms with Crippen molar-refractivity contribution in [3.05, 3.63) is 89.4 Å². The molecule has 4 nitrogen and oxygen atoms in total. The molecule has 2 heterocycles. The molecule has 2 aromatic heterocycles. The van der Waals surface area contributed by atoms with Crippen LogP contribution >= 0.6 is 11.8 Å². The fraction of sp³-hybridized carbons (Fsp3) is 0.167. The number of anilines is 1. The molecule has 2 N–H and O–H groups in total. The Morgan fingerprint density at radius 3 is 2.83 bits per heavy atom. The summed E-state index contributed by atoms with van der Waals surface area (Å²) in [5.41, 5.74) is 6.50. The highest BCUT2D eigenvalue weighted by Crippen LogP contribution is 2.33. The Balaban J connectivity index is 1.41. The number of hydrogen-bond donors (Lipinski definition) is 2. The molecule has 0 unspecified atom stereocenters. The van der Waals surface area contributed by atoms with E-state index in [4.69, 9.17) is 0 Å². The van der Waals surface area contributed by atoms with Crippen LogP contribution in [0.1, 0.15) is 33.5 Å². The predicted octanol–water partition coefficient (Wildman–Crippen LogP) is 5.60. The van der Waals surface area contributed by atoms with E-state index in [9.17, 15) is 4.79 Å². The van der Waals surface area contributed by atoms with Gasteiger partial charge in [-0.15, -0.1) is 11.8 Å². The number of rotatable bonds is 5. The summed E-state index contributed by atoms with van der Waals surface area (Å²) in [5.74, 6) is 0.754. The third kappa shape index (κ3) is 3.66. The van der Waals surface area contributed by atoms with Gasteiger partial charge in [-0.2, -0.15) is 0 Å². The van der Waals surface area contributed by atoms with Gasteiger partial charge in [0.25, 0.3) is 5.91 Å². The van der Waals surface area contributed by atoms with Crippen LogP contribution in [0.2, 0.25) is 0 Å². The number of amides is 1. The van der Waals surface area contributed by atoms with Crippen LogP contribution in [0.15, 0.2) is 72.0 Å². The number of hydrogen-bond acceptors (Lipinski definition) is 3. The molecule has 1 aliphatic carbocycles. The van der Waals surface area contributed by atoms with Crippen molar-refractivity contribution in [1.82, 2.24) is 9.97 Å². The van der Waals surface area contributed by atoms with Crippen molar-refractivity contribution in [1.29, 1.82) is 0 Å². The Morgan fingerprint density at radius 2 is 1.93 bits per heavy atom. The second kappa shape index (κ2) is 7.76. The summed E-state index contributed by atoms with van der Waals surface area (Å²) in [6.45, 7) is 0. The Bertz CT molecular complexity index is 1180. The van der Waals surface area contributed by atoms with Crippen molar-refractivity contribution < 1.29 is 4.79 Å². The minimum absolute atomic E-state index is 0.0776. The SMILES string of the molecule is O=C(Nc1ccc2c(c1)CCC2)c1c[nH]c2cccc(SCc3ccncc3)c12. The maximum absolute atomic E-state index is 13.1. The van der Waals surface area contributed by atoms with Gasteiger partial charge in [0.05, 0.1) is 5.56 Å². The number of fused-ring (bicyclic) bond motifs is 2. The molecule has 5 heteroatoms. The summed E-state index contributed by atoms with van der Waals surface area (Å²) in [6, 6.07) is 16.4. The Labute approximate surface area is 173 Å². The maximum atomic E-state index is 13.1. The molecule has 2 aromatic carbocycles. The lowest BCUT2D eigenvalue weighted by atomic mass is 10.1. The van der Waals surface area contributed by atoms with Crippen LogP contribution in [0, 0.1) is 0 Å². The fourth-order valence-corrected chi connectivity index (χ4v) is 4.99. The van der Waals surface area contributed by atoms with Gasteiger partial charge in [0, 0.05) is 45.8 Å². The molecule has 0 aliphatic heterocycles. The molecule has 0 saturated carbocycles. The van der Waals surface area contributed by atoms with Gasteiger partial charge in [0.15, 0.2) is 0 Å². The smallest absolute Gasteiger partial charge is 0.257 e. The molecule has 4 aromatic rings. The molecule has 0 spiro atoms. The summed E-state index contributed by atoms with van der Waals surface area (Å²) in [6.07, 6.45) is 8.87. The Kier molecular flexibility index (Phi) is 4.82. The van der Waals surface area contributed by atoms with E-state index >= 15 is 0 Å². The van der Waals surface area contributed by atoms with Crippen LogP contribution in [0.25, 0.3) is 10.9 Å². The second-order valence-electron chi connectivity index (χ2n) is 7.32. The Morgan fingerprint density at radius 1 is 1.07 bits per heavy atom. The number of benzene rings is 2. The van der Waals surface area contributed by atoms with Gasteiger partial charge in [-0.05, 0) is 72.4 Å². The van der Waals surface area contributed by atoms with E-state index in [1.54, 1.807) is 11.8 Å². The number of thioether (sulfide) groups is 1. The minimum Gasteiger partial charge on any atom is -0.360 e. The normalized spacial score (nSPS) is 12.8. The first-order valence-corrected chi connectivity index (χ1v) is 10.8. The van der Waals surface area contributed by atoms with E-state index in [0.717, 1.165) is 40.1 Å². The number of carbonyl (C=O) groups excluding carboxylic acids is 1. The van der Waals surface area contributed by atoms with Crippen molar-refractivity contribution in [2.45, 2.75) is 29.9 Å². The number of H-pyrrole nitrogens is 1. The van der Waals surface area contributed by atoms with Crippen molar-refractivity contribution in [3.8, 4) is 0 Å². The first-order chi connectivity index (χ1) is 14.3. The van der Waals surface area contributed by atoms with E-state index in [0.29, 0.717) is 5.56 Å². The van der Waals surface area contributed by atoms with Gasteiger partial charge in [0.2, 0.25) is 0 Å². The molecule has 144 valence electrons. The van der Waals surface area contributed by atoms with E-state index < -0.39 is 0 Å². The lowest BCUT2D eigenvalue weighted by molar-refractivity contribution is 0.102. The number of aromatic nitrogens is 2. The standard InChI is InChI=1S/C24H21N3OS/c28-24(27-19-8-7-17-3-1-4-18(17)13-19)20-14-26-21-5-2-6-22(23(20)21)29-15-16-9-11-25-12-10-16/h2,5-14,26H,1,3-4,15H2,(H,27,28). The lowest BCUT2D eigenvalue weighted by Gasteiger charge is -2.09. The average molecular weight is 400 g/mol. The maximum Gasteiger partial charge on any atom is 0.257 e. The first kappa shape index (κ1) is 18.0. The summed E-state index contributed by atoms with van der Waals surface area (Å²) < 4.78 is 0. The van der Waals surface area contributed by atoms with Crippen LogP contribution in [-0.4, -0.2) is 15.9 Å². The topological polar surface area (TPSA) is 57.8 Å². The van der Waals surface area contributed by atoms with Crippen LogP contribution in [0.3, 0.4) is 0 Å². The van der Waals surface area contributed by atoms with Crippen LogP contribution in [-0.2, 0) is 18.6 Å². The van der Waals surface area contributed by atoms with Gasteiger partial charge in [-0.1, -0.05) is 12.1 Å². The minimum atomic E-state index is -0.0776. The van der Waals surface area contributed by atoms with Crippen molar-refractivity contribution in [2.75, 3.05) is 5.32 Å². The first-order valence-electron chi connectivity index (χ1n) is 9.83. The molecule has 5 rings (SSSR count). The van der Waals surface area contributed by atoms with Crippen molar-refractivity contribution in [2.24, 2.45) is 0 Å². The molecular weight excluding hydrogens is 378 g/mol. The van der Waals surface area contributed by atoms with E-state index in [1.165, 1.54) is 23.1 Å². The number of nitrogens with one attached hydrogen (secondary N) is 2. The predicted molar refractivity (Wildman–Crippen MR) is 119 cm³/mol. The van der Waals surface area contributed by atoms with Crippen LogP contribution in [0.4, 0.5) is 5.69 Å². The fourth-order valence-electron chi connectivity index (χ4n) is 3.94. The zero-order valence-corrected chi connectivity index (χ0v) is 16.8. The molecular formula is C24H21N3OS. The number of nitrogens with zero attached hydrogens (tertiary/aromatic N) is 1. The van der Waals surface area contributed by atoms with Gasteiger partial charge in [0.1, 0.15) is 0 Å². The molecule has 0 radical (unpaired) electrons. The zero-order chi connectivity index (χ0) is 19.6. The third-order valence-electron chi connectivity index (χ3n) is 5.41. The molecule has 1 amide bonds. The van der Waals surface area contributed by atoms with Gasteiger partial charge in [-0.25, -0.2) is 0 Å². The summed E-state index contributed by atoms with van der Waals surface area (Å²) in [7, 11) is 0. The van der Waals surface area contributed by atoms with Gasteiger partial charge in [-0.3, -0.25) is 9.78 Å². The van der Waals surface area contributed by atoms with Crippen LogP contribution in [0.5, 0.6) is 0 Å². The zero-order valence-electron chi connectivity index (χ0n) is 15.9. The quantitative estimate of drug-likeness (QED) is 0.430. The summed E-state index contributed by atoms with van der Waals surface area (Å²) in [4.78, 5) is 21.5. The number of aryl methyl sites for hydroxylation is 2. The molecule has 0 bridgehead atoms. The highest BCUT2D eigenvalue weighted by molar-refractivity contribution is 7.98. The van der Waals surface area contributed by atoms with Crippen molar-refractivity contribution >= 4 is 34.3 Å². The van der Waals surface area contributed by atoms with Gasteiger partial charge >= 0.3 is 0 Å². The second-order valence-corrected chi connectivity index (χ2v) is 8.33. The highest BCUT2D eigenvalue weighted by atomic mass is 32.2. The highest BCUT2D eigenvalue weighted by Gasteiger charge is 2.17. The molecule has 29 heavy (non-hydrogen) atoms. The number of aromatic amines is 1. The summed E-state index contributed by atoms with van der Waals surface area (Å²) >= 11 is 1.73. The largest absolute Gasteiger partial charge is 0.360 e. The van der Waals surface area contributed by atoms with Crippen molar-refractivity contribution in [3.63, 3.8) is 0 Å². The molecule has 0 saturated heterocycles. The lowest BCUT2D eigenvalue weighted by Crippen LogP contribution is -2.11. The van der Waals surface area contributed by atoms with Gasteiger partial charge < -0.3 is 10.3 Å². The Hall–Kier alpha value is -3.05. The van der Waals surface area contributed by atoms with Crippen LogP contribution < -0.4 is 5.32 Å². The molecule has 0 atom stereocenters. The van der Waals surface area contributed by atoms with E-state index in [2.05, 4.69) is 33.5 Å². The third-order valence-corrected chi connectivity index (χ3v) is 6.54. The number of carbonyl (C=O) groups is 1. The average Bonchev–Trinajstić information content (AvgIpc) is 3.40. The molecule has 1 aliphatic rings. The molecule has 0 fully saturated rings. The van der Waals surface area contributed by atoms with E-state index in [1.807, 2.05) is 48.9 Å². The summed E-state index contributed by atoms with van der Waals surface area (Å²) in [5, 5.41) is 4.07. The number of pyridine rings is 1. The van der Waals surface area contributed by atoms with E-state index in [-0.39, 0.29) is 5.91 Å². The monoisotopic (exact) mass is 399 g/mol.